The van der Waals surface area contributed by atoms with Crippen LogP contribution in [0.2, 0.25) is 0 Å². The normalized spacial score (nSPS) is 14.0. The van der Waals surface area contributed by atoms with Gasteiger partial charge in [-0.3, -0.25) is 0 Å². The smallest absolute Gasteiger partial charge is 0.192 e. The minimum absolute atomic E-state index is 0.210. The molecule has 7 nitrogen and oxygen atoms in total. The number of rotatable bonds is 5. The van der Waals surface area contributed by atoms with Crippen LogP contribution in [0.4, 0.5) is 0 Å². The van der Waals surface area contributed by atoms with Gasteiger partial charge in [0.1, 0.15) is 16.9 Å². The van der Waals surface area contributed by atoms with Crippen molar-refractivity contribution in [2.24, 2.45) is 5.16 Å². The Morgan fingerprint density at radius 2 is 2.07 bits per heavy atom. The van der Waals surface area contributed by atoms with Crippen LogP contribution in [0.5, 0.6) is 5.75 Å². The van der Waals surface area contributed by atoms with Crippen molar-refractivity contribution < 1.29 is 9.57 Å². The maximum Gasteiger partial charge on any atom is 0.192 e. The van der Waals surface area contributed by atoms with E-state index in [1.54, 1.807) is 35.5 Å². The van der Waals surface area contributed by atoms with E-state index in [1.807, 2.05) is 24.3 Å². The zero-order valence-electron chi connectivity index (χ0n) is 15.5. The maximum absolute atomic E-state index is 5.40. The summed E-state index contributed by atoms with van der Waals surface area (Å²) < 4.78 is 6.89. The first-order valence-electron chi connectivity index (χ1n) is 9.26. The highest BCUT2D eigenvalue weighted by molar-refractivity contribution is 7.19. The molecule has 4 aromatic rings. The Morgan fingerprint density at radius 3 is 2.93 bits per heavy atom. The number of thiophene rings is 1. The lowest BCUT2D eigenvalue weighted by Crippen LogP contribution is -1.99. The molecule has 0 atom stereocenters. The van der Waals surface area contributed by atoms with Gasteiger partial charge in [0.05, 0.1) is 18.7 Å². The second-order valence-corrected chi connectivity index (χ2v) is 7.80. The summed E-state index contributed by atoms with van der Waals surface area (Å²) in [7, 11) is 1.64. The van der Waals surface area contributed by atoms with Crippen molar-refractivity contribution in [2.75, 3.05) is 7.11 Å². The van der Waals surface area contributed by atoms with Crippen LogP contribution >= 0.6 is 11.3 Å². The standard InChI is InChI=1S/C20H19N5O2S/c1-26-14-8-6-13(7-9-14)10-22-27-11-17-23-19-18-15-4-2-3-5-16(15)28-20(18)21-12-25(19)24-17/h6-10,12H,2-5,11H2,1H3. The maximum atomic E-state index is 5.40. The first kappa shape index (κ1) is 17.1. The van der Waals surface area contributed by atoms with Gasteiger partial charge in [-0.15, -0.1) is 16.4 Å². The predicted octanol–water partition coefficient (Wildman–Crippen LogP) is 3.78. The molecule has 0 fully saturated rings. The SMILES string of the molecule is COc1ccc(C=NOCc2nc3c4c5c(sc4ncn3n2)CCCC5)cc1. The van der Waals surface area contributed by atoms with E-state index < -0.39 is 0 Å². The van der Waals surface area contributed by atoms with Crippen LogP contribution in [0.25, 0.3) is 15.9 Å². The largest absolute Gasteiger partial charge is 0.497 e. The van der Waals surface area contributed by atoms with E-state index >= 15 is 0 Å². The van der Waals surface area contributed by atoms with Crippen LogP contribution in [0.3, 0.4) is 0 Å². The summed E-state index contributed by atoms with van der Waals surface area (Å²) in [5, 5.41) is 9.66. The van der Waals surface area contributed by atoms with Gasteiger partial charge >= 0.3 is 0 Å². The zero-order chi connectivity index (χ0) is 18.9. The van der Waals surface area contributed by atoms with Gasteiger partial charge in [0.15, 0.2) is 18.1 Å². The number of nitrogens with zero attached hydrogens (tertiary/aromatic N) is 5. The Hall–Kier alpha value is -3.00. The molecule has 1 aliphatic rings. The number of methoxy groups -OCH3 is 1. The van der Waals surface area contributed by atoms with E-state index in [0.717, 1.165) is 40.0 Å². The van der Waals surface area contributed by atoms with Crippen LogP contribution in [-0.4, -0.2) is 32.9 Å². The number of ether oxygens (including phenoxy) is 1. The Labute approximate surface area is 165 Å². The molecule has 3 aromatic heterocycles. The van der Waals surface area contributed by atoms with Gasteiger partial charge in [0.2, 0.25) is 0 Å². The van der Waals surface area contributed by atoms with Gasteiger partial charge in [-0.05, 0) is 61.1 Å². The third-order valence-corrected chi connectivity index (χ3v) is 6.12. The first-order chi connectivity index (χ1) is 13.8. The Morgan fingerprint density at radius 1 is 1.21 bits per heavy atom. The Balaban J connectivity index is 1.35. The fraction of sp³-hybridized carbons (Fsp3) is 0.300. The molecule has 0 aliphatic heterocycles. The van der Waals surface area contributed by atoms with Crippen LogP contribution in [0.15, 0.2) is 35.7 Å². The average molecular weight is 393 g/mol. The highest BCUT2D eigenvalue weighted by Crippen LogP contribution is 2.36. The quantitative estimate of drug-likeness (QED) is 0.381. The molecule has 0 radical (unpaired) electrons. The van der Waals surface area contributed by atoms with Crippen LogP contribution < -0.4 is 4.74 Å². The third-order valence-electron chi connectivity index (χ3n) is 4.92. The summed E-state index contributed by atoms with van der Waals surface area (Å²) in [6, 6.07) is 7.59. The van der Waals surface area contributed by atoms with Gasteiger partial charge < -0.3 is 9.57 Å². The summed E-state index contributed by atoms with van der Waals surface area (Å²) >= 11 is 1.79. The minimum Gasteiger partial charge on any atom is -0.497 e. The molecule has 0 spiro atoms. The number of aryl methyl sites for hydroxylation is 2. The van der Waals surface area contributed by atoms with Crippen molar-refractivity contribution in [1.29, 1.82) is 0 Å². The molecule has 0 unspecified atom stereocenters. The van der Waals surface area contributed by atoms with Gasteiger partial charge in [-0.2, -0.15) is 0 Å². The van der Waals surface area contributed by atoms with Crippen LogP contribution in [0.1, 0.15) is 34.7 Å². The van der Waals surface area contributed by atoms with Gasteiger partial charge in [0.25, 0.3) is 0 Å². The van der Waals surface area contributed by atoms with Gasteiger partial charge in [-0.1, -0.05) is 5.16 Å². The first-order valence-corrected chi connectivity index (χ1v) is 10.1. The lowest BCUT2D eigenvalue weighted by atomic mass is 9.97. The van der Waals surface area contributed by atoms with E-state index in [2.05, 4.69) is 15.2 Å². The minimum atomic E-state index is 0.210. The number of fused-ring (bicyclic) bond motifs is 5. The molecular formula is C20H19N5O2S. The molecule has 5 rings (SSSR count). The van der Waals surface area contributed by atoms with Crippen molar-refractivity contribution in [3.63, 3.8) is 0 Å². The summed E-state index contributed by atoms with van der Waals surface area (Å²) in [4.78, 5) is 17.2. The van der Waals surface area contributed by atoms with Crippen LogP contribution in [-0.2, 0) is 24.3 Å². The molecular weight excluding hydrogens is 374 g/mol. The third kappa shape index (κ3) is 3.09. The van der Waals surface area contributed by atoms with Crippen molar-refractivity contribution in [3.8, 4) is 5.75 Å². The van der Waals surface area contributed by atoms with Crippen molar-refractivity contribution in [1.82, 2.24) is 19.6 Å². The Kier molecular flexibility index (Phi) is 4.40. The molecule has 28 heavy (non-hydrogen) atoms. The van der Waals surface area contributed by atoms with Gasteiger partial charge in [-0.25, -0.2) is 14.5 Å². The summed E-state index contributed by atoms with van der Waals surface area (Å²) in [6.07, 6.45) is 8.12. The number of hydrogen-bond acceptors (Lipinski definition) is 7. The molecule has 0 saturated heterocycles. The van der Waals surface area contributed by atoms with E-state index in [0.29, 0.717) is 5.82 Å². The van der Waals surface area contributed by atoms with Crippen molar-refractivity contribution in [3.05, 3.63) is 52.4 Å². The fourth-order valence-corrected chi connectivity index (χ4v) is 4.77. The molecule has 3 heterocycles. The second-order valence-electron chi connectivity index (χ2n) is 6.71. The molecule has 0 bridgehead atoms. The molecule has 0 saturated carbocycles. The molecule has 0 N–H and O–H groups in total. The van der Waals surface area contributed by atoms with Crippen LogP contribution in [0, 0.1) is 0 Å². The molecule has 8 heteroatoms. The average Bonchev–Trinajstić information content (AvgIpc) is 3.32. The van der Waals surface area contributed by atoms with Gasteiger partial charge in [0, 0.05) is 4.88 Å². The van der Waals surface area contributed by atoms with Crippen molar-refractivity contribution in [2.45, 2.75) is 32.3 Å². The predicted molar refractivity (Wildman–Crippen MR) is 108 cm³/mol. The monoisotopic (exact) mass is 393 g/mol. The van der Waals surface area contributed by atoms with E-state index in [9.17, 15) is 0 Å². The highest BCUT2D eigenvalue weighted by atomic mass is 32.1. The molecule has 1 aliphatic carbocycles. The highest BCUT2D eigenvalue weighted by Gasteiger charge is 2.20. The topological polar surface area (TPSA) is 73.9 Å². The summed E-state index contributed by atoms with van der Waals surface area (Å²) in [6.45, 7) is 0.210. The Bertz CT molecular complexity index is 1160. The molecule has 142 valence electrons. The zero-order valence-corrected chi connectivity index (χ0v) is 16.3. The molecule has 0 amide bonds. The van der Waals surface area contributed by atoms with E-state index in [-0.39, 0.29) is 6.61 Å². The summed E-state index contributed by atoms with van der Waals surface area (Å²) in [5.41, 5.74) is 3.20. The molecule has 1 aromatic carbocycles. The lowest BCUT2D eigenvalue weighted by Gasteiger charge is -2.09. The van der Waals surface area contributed by atoms with E-state index in [4.69, 9.17) is 14.6 Å². The number of oxime groups is 1. The fourth-order valence-electron chi connectivity index (χ4n) is 3.54. The second kappa shape index (κ2) is 7.20. The number of hydrogen-bond donors (Lipinski definition) is 0. The summed E-state index contributed by atoms with van der Waals surface area (Å²) in [5.74, 6) is 1.40. The van der Waals surface area contributed by atoms with Crippen molar-refractivity contribution >= 4 is 33.4 Å². The number of aromatic nitrogens is 4. The lowest BCUT2D eigenvalue weighted by molar-refractivity contribution is 0.126. The number of benzene rings is 1. The van der Waals surface area contributed by atoms with E-state index in [1.165, 1.54) is 23.3 Å².